The SMILES string of the molecule is COC(=O)CCc1cc(Cl)c(OC)cc1C. The number of methoxy groups -OCH3 is 2. The van der Waals surface area contributed by atoms with Crippen molar-refractivity contribution in [3.8, 4) is 5.75 Å². The summed E-state index contributed by atoms with van der Waals surface area (Å²) in [5, 5.41) is 0.563. The summed E-state index contributed by atoms with van der Waals surface area (Å²) in [6, 6.07) is 3.70. The number of esters is 1. The molecule has 0 spiro atoms. The first-order valence-electron chi connectivity index (χ1n) is 4.98. The maximum atomic E-state index is 11.0. The number of hydrogen-bond donors (Lipinski definition) is 0. The first kappa shape index (κ1) is 12.8. The van der Waals surface area contributed by atoms with Crippen molar-refractivity contribution in [3.05, 3.63) is 28.3 Å². The number of carbonyl (C=O) groups is 1. The first-order chi connectivity index (χ1) is 7.58. The van der Waals surface area contributed by atoms with Crippen LogP contribution in [0.3, 0.4) is 0 Å². The molecule has 0 atom stereocenters. The Bertz CT molecular complexity index is 388. The second-order valence-corrected chi connectivity index (χ2v) is 3.90. The van der Waals surface area contributed by atoms with Crippen molar-refractivity contribution >= 4 is 17.6 Å². The lowest BCUT2D eigenvalue weighted by Gasteiger charge is -2.09. The second-order valence-electron chi connectivity index (χ2n) is 3.49. The molecule has 4 heteroatoms. The molecular weight excluding hydrogens is 228 g/mol. The zero-order chi connectivity index (χ0) is 12.1. The summed E-state index contributed by atoms with van der Waals surface area (Å²) in [5.41, 5.74) is 2.10. The lowest BCUT2D eigenvalue weighted by atomic mass is 10.0. The van der Waals surface area contributed by atoms with Gasteiger partial charge in [-0.15, -0.1) is 0 Å². The van der Waals surface area contributed by atoms with Crippen LogP contribution >= 0.6 is 11.6 Å². The third kappa shape index (κ3) is 3.14. The van der Waals surface area contributed by atoms with Gasteiger partial charge in [0.15, 0.2) is 0 Å². The summed E-state index contributed by atoms with van der Waals surface area (Å²) in [4.78, 5) is 11.0. The molecule has 0 radical (unpaired) electrons. The van der Waals surface area contributed by atoms with Gasteiger partial charge in [-0.05, 0) is 36.6 Å². The van der Waals surface area contributed by atoms with Crippen LogP contribution in [0.2, 0.25) is 5.02 Å². The molecule has 0 N–H and O–H groups in total. The highest BCUT2D eigenvalue weighted by molar-refractivity contribution is 6.32. The molecule has 0 heterocycles. The van der Waals surface area contributed by atoms with Crippen LogP contribution < -0.4 is 4.74 Å². The summed E-state index contributed by atoms with van der Waals surface area (Å²) in [6.45, 7) is 1.96. The lowest BCUT2D eigenvalue weighted by Crippen LogP contribution is -2.03. The molecule has 0 bridgehead atoms. The monoisotopic (exact) mass is 242 g/mol. The Morgan fingerprint density at radius 3 is 2.62 bits per heavy atom. The normalized spacial score (nSPS) is 10.0. The Balaban J connectivity index is 2.81. The molecule has 1 aromatic rings. The third-order valence-corrected chi connectivity index (χ3v) is 2.73. The number of aryl methyl sites for hydroxylation is 2. The fourth-order valence-corrected chi connectivity index (χ4v) is 1.72. The molecule has 0 aromatic heterocycles. The van der Waals surface area contributed by atoms with E-state index in [0.717, 1.165) is 11.1 Å². The van der Waals surface area contributed by atoms with Gasteiger partial charge in [0.25, 0.3) is 0 Å². The fourth-order valence-electron chi connectivity index (χ4n) is 1.46. The molecule has 0 aliphatic carbocycles. The van der Waals surface area contributed by atoms with Crippen molar-refractivity contribution in [2.24, 2.45) is 0 Å². The highest BCUT2D eigenvalue weighted by atomic mass is 35.5. The summed E-state index contributed by atoms with van der Waals surface area (Å²) in [6.07, 6.45) is 0.988. The first-order valence-corrected chi connectivity index (χ1v) is 5.36. The number of halogens is 1. The van der Waals surface area contributed by atoms with Crippen LogP contribution in [0.4, 0.5) is 0 Å². The second kappa shape index (κ2) is 5.75. The van der Waals surface area contributed by atoms with E-state index in [-0.39, 0.29) is 5.97 Å². The van der Waals surface area contributed by atoms with Crippen molar-refractivity contribution in [2.75, 3.05) is 14.2 Å². The van der Waals surface area contributed by atoms with E-state index in [2.05, 4.69) is 4.74 Å². The maximum absolute atomic E-state index is 11.0. The highest BCUT2D eigenvalue weighted by Gasteiger charge is 2.08. The minimum absolute atomic E-state index is 0.216. The van der Waals surface area contributed by atoms with E-state index in [0.29, 0.717) is 23.6 Å². The quantitative estimate of drug-likeness (QED) is 0.762. The Hall–Kier alpha value is -1.22. The largest absolute Gasteiger partial charge is 0.495 e. The topological polar surface area (TPSA) is 35.5 Å². The standard InChI is InChI=1S/C12H15ClO3/c1-8-6-11(15-2)10(13)7-9(8)4-5-12(14)16-3/h6-7H,4-5H2,1-3H3. The van der Waals surface area contributed by atoms with Crippen LogP contribution in [-0.2, 0) is 16.0 Å². The molecule has 88 valence electrons. The van der Waals surface area contributed by atoms with Gasteiger partial charge in [0.2, 0.25) is 0 Å². The number of benzene rings is 1. The lowest BCUT2D eigenvalue weighted by molar-refractivity contribution is -0.140. The van der Waals surface area contributed by atoms with Gasteiger partial charge in [-0.3, -0.25) is 4.79 Å². The molecule has 0 amide bonds. The minimum atomic E-state index is -0.216. The Labute approximate surface area is 100 Å². The maximum Gasteiger partial charge on any atom is 0.305 e. The molecule has 0 aliphatic rings. The Kier molecular flexibility index (Phi) is 4.62. The Morgan fingerprint density at radius 2 is 2.06 bits per heavy atom. The molecule has 0 aliphatic heterocycles. The fraction of sp³-hybridized carbons (Fsp3) is 0.417. The number of ether oxygens (including phenoxy) is 2. The van der Waals surface area contributed by atoms with Crippen molar-refractivity contribution in [1.29, 1.82) is 0 Å². The van der Waals surface area contributed by atoms with Gasteiger partial charge < -0.3 is 9.47 Å². The van der Waals surface area contributed by atoms with Gasteiger partial charge in [-0.2, -0.15) is 0 Å². The van der Waals surface area contributed by atoms with Gasteiger partial charge in [0.05, 0.1) is 19.2 Å². The molecule has 0 saturated carbocycles. The number of rotatable bonds is 4. The zero-order valence-corrected chi connectivity index (χ0v) is 10.4. The molecule has 1 rings (SSSR count). The van der Waals surface area contributed by atoms with Gasteiger partial charge in [0.1, 0.15) is 5.75 Å². The molecule has 0 saturated heterocycles. The molecular formula is C12H15ClO3. The van der Waals surface area contributed by atoms with Crippen molar-refractivity contribution in [2.45, 2.75) is 19.8 Å². The third-order valence-electron chi connectivity index (χ3n) is 2.44. The van der Waals surface area contributed by atoms with Crippen LogP contribution in [0.25, 0.3) is 0 Å². The zero-order valence-electron chi connectivity index (χ0n) is 9.67. The summed E-state index contributed by atoms with van der Waals surface area (Å²) >= 11 is 6.01. The predicted octanol–water partition coefficient (Wildman–Crippen LogP) is 2.76. The van der Waals surface area contributed by atoms with E-state index in [9.17, 15) is 4.79 Å². The summed E-state index contributed by atoms with van der Waals surface area (Å²) in [5.74, 6) is 0.437. The molecule has 1 aromatic carbocycles. The van der Waals surface area contributed by atoms with Gasteiger partial charge in [-0.25, -0.2) is 0 Å². The summed E-state index contributed by atoms with van der Waals surface area (Å²) < 4.78 is 9.69. The average molecular weight is 243 g/mol. The molecule has 3 nitrogen and oxygen atoms in total. The van der Waals surface area contributed by atoms with Gasteiger partial charge in [-0.1, -0.05) is 11.6 Å². The predicted molar refractivity (Wildman–Crippen MR) is 63.1 cm³/mol. The average Bonchev–Trinajstić information content (AvgIpc) is 2.29. The van der Waals surface area contributed by atoms with Crippen molar-refractivity contribution in [3.63, 3.8) is 0 Å². The van der Waals surface area contributed by atoms with E-state index >= 15 is 0 Å². The van der Waals surface area contributed by atoms with Crippen molar-refractivity contribution < 1.29 is 14.3 Å². The molecule has 0 fully saturated rings. The van der Waals surface area contributed by atoms with Crippen LogP contribution in [0.15, 0.2) is 12.1 Å². The van der Waals surface area contributed by atoms with Crippen LogP contribution in [0.1, 0.15) is 17.5 Å². The van der Waals surface area contributed by atoms with E-state index in [1.807, 2.05) is 19.1 Å². The number of hydrogen-bond acceptors (Lipinski definition) is 3. The van der Waals surface area contributed by atoms with E-state index in [1.54, 1.807) is 7.11 Å². The van der Waals surface area contributed by atoms with Crippen LogP contribution in [0.5, 0.6) is 5.75 Å². The van der Waals surface area contributed by atoms with Crippen molar-refractivity contribution in [1.82, 2.24) is 0 Å². The van der Waals surface area contributed by atoms with E-state index in [1.165, 1.54) is 7.11 Å². The van der Waals surface area contributed by atoms with Crippen LogP contribution in [-0.4, -0.2) is 20.2 Å². The minimum Gasteiger partial charge on any atom is -0.495 e. The number of carbonyl (C=O) groups excluding carboxylic acids is 1. The van der Waals surface area contributed by atoms with E-state index in [4.69, 9.17) is 16.3 Å². The summed E-state index contributed by atoms with van der Waals surface area (Å²) in [7, 11) is 2.96. The Morgan fingerprint density at radius 1 is 1.38 bits per heavy atom. The van der Waals surface area contributed by atoms with Crippen LogP contribution in [0, 0.1) is 6.92 Å². The van der Waals surface area contributed by atoms with E-state index < -0.39 is 0 Å². The smallest absolute Gasteiger partial charge is 0.305 e. The van der Waals surface area contributed by atoms with Gasteiger partial charge >= 0.3 is 5.97 Å². The van der Waals surface area contributed by atoms with Gasteiger partial charge in [0, 0.05) is 6.42 Å². The highest BCUT2D eigenvalue weighted by Crippen LogP contribution is 2.28. The molecule has 16 heavy (non-hydrogen) atoms. The molecule has 0 unspecified atom stereocenters.